The van der Waals surface area contributed by atoms with Crippen LogP contribution in [0, 0.1) is 11.7 Å². The summed E-state index contributed by atoms with van der Waals surface area (Å²) in [7, 11) is -3.00. The van der Waals surface area contributed by atoms with Crippen molar-refractivity contribution in [1.82, 2.24) is 0 Å². The molecule has 3 aromatic rings. The molecule has 3 aromatic carbocycles. The van der Waals surface area contributed by atoms with Crippen LogP contribution in [0.3, 0.4) is 0 Å². The zero-order valence-corrected chi connectivity index (χ0v) is 24.1. The van der Waals surface area contributed by atoms with Crippen LogP contribution in [0.2, 0.25) is 0 Å². The van der Waals surface area contributed by atoms with Gasteiger partial charge in [0.25, 0.3) is 0 Å². The molecule has 7 heteroatoms. The Labute approximate surface area is 236 Å². The lowest BCUT2D eigenvalue weighted by Crippen LogP contribution is -2.08. The molecule has 1 fully saturated rings. The summed E-state index contributed by atoms with van der Waals surface area (Å²) in [5, 5.41) is 0. The SMILES string of the molecule is CCOC(=O)[C@H]1C[C@@H]1c1ccc(CCc2cc3c(cc2F)CCCc2cc(OCCCS(C)(=O)=O)ccc2-3)cc1. The minimum absolute atomic E-state index is 0.0233. The van der Waals surface area contributed by atoms with Gasteiger partial charge in [-0.3, -0.25) is 4.79 Å². The summed E-state index contributed by atoms with van der Waals surface area (Å²) in [6, 6.07) is 18.1. The predicted octanol–water partition coefficient (Wildman–Crippen LogP) is 6.25. The molecule has 0 aromatic heterocycles. The van der Waals surface area contributed by atoms with E-state index in [4.69, 9.17) is 9.47 Å². The topological polar surface area (TPSA) is 69.7 Å². The first-order valence-electron chi connectivity index (χ1n) is 14.2. The van der Waals surface area contributed by atoms with Crippen LogP contribution in [0.1, 0.15) is 59.9 Å². The van der Waals surface area contributed by atoms with Gasteiger partial charge in [0.05, 0.1) is 24.9 Å². The van der Waals surface area contributed by atoms with Gasteiger partial charge in [-0.25, -0.2) is 12.8 Å². The van der Waals surface area contributed by atoms with E-state index in [2.05, 4.69) is 24.3 Å². The van der Waals surface area contributed by atoms with Crippen molar-refractivity contribution in [3.63, 3.8) is 0 Å². The smallest absolute Gasteiger partial charge is 0.309 e. The molecule has 0 saturated heterocycles. The molecular weight excluding hydrogens is 527 g/mol. The van der Waals surface area contributed by atoms with E-state index in [1.807, 2.05) is 31.2 Å². The zero-order chi connectivity index (χ0) is 28.3. The van der Waals surface area contributed by atoms with Crippen LogP contribution in [0.4, 0.5) is 4.39 Å². The van der Waals surface area contributed by atoms with Gasteiger partial charge in [-0.2, -0.15) is 0 Å². The third kappa shape index (κ3) is 6.92. The number of ether oxygens (including phenoxy) is 2. The van der Waals surface area contributed by atoms with Crippen LogP contribution in [-0.4, -0.2) is 39.6 Å². The number of fused-ring (bicyclic) bond motifs is 3. The van der Waals surface area contributed by atoms with E-state index in [0.717, 1.165) is 65.7 Å². The number of halogens is 1. The summed E-state index contributed by atoms with van der Waals surface area (Å²) in [6.07, 6.45) is 6.50. The van der Waals surface area contributed by atoms with Crippen molar-refractivity contribution >= 4 is 15.8 Å². The first-order valence-corrected chi connectivity index (χ1v) is 16.3. The molecule has 212 valence electrons. The molecule has 2 aliphatic rings. The van der Waals surface area contributed by atoms with Crippen molar-refractivity contribution in [2.75, 3.05) is 25.2 Å². The van der Waals surface area contributed by atoms with E-state index in [-0.39, 0.29) is 29.4 Å². The number of hydrogen-bond donors (Lipinski definition) is 0. The Bertz CT molecular complexity index is 1480. The average molecular weight is 565 g/mol. The van der Waals surface area contributed by atoms with E-state index >= 15 is 4.39 Å². The Morgan fingerprint density at radius 2 is 1.73 bits per heavy atom. The Kier molecular flexibility index (Phi) is 8.60. The van der Waals surface area contributed by atoms with E-state index in [1.54, 1.807) is 6.07 Å². The first kappa shape index (κ1) is 28.3. The van der Waals surface area contributed by atoms with Gasteiger partial charge < -0.3 is 9.47 Å². The third-order valence-electron chi connectivity index (χ3n) is 7.93. The number of hydrogen-bond acceptors (Lipinski definition) is 5. The van der Waals surface area contributed by atoms with Gasteiger partial charge in [0.15, 0.2) is 0 Å². The van der Waals surface area contributed by atoms with Crippen LogP contribution in [0.5, 0.6) is 5.75 Å². The maximum absolute atomic E-state index is 15.2. The molecule has 0 spiro atoms. The zero-order valence-electron chi connectivity index (χ0n) is 23.2. The monoisotopic (exact) mass is 564 g/mol. The molecule has 2 aliphatic carbocycles. The fraction of sp³-hybridized carbons (Fsp3) is 0.424. The molecule has 0 N–H and O–H groups in total. The summed E-state index contributed by atoms with van der Waals surface area (Å²) < 4.78 is 48.9. The molecule has 0 amide bonds. The van der Waals surface area contributed by atoms with Crippen molar-refractivity contribution in [3.8, 4) is 16.9 Å². The van der Waals surface area contributed by atoms with Crippen LogP contribution < -0.4 is 4.74 Å². The van der Waals surface area contributed by atoms with Crippen LogP contribution in [0.15, 0.2) is 54.6 Å². The first-order chi connectivity index (χ1) is 19.2. The molecule has 0 bridgehead atoms. The number of carbonyl (C=O) groups excluding carboxylic acids is 1. The second-order valence-corrected chi connectivity index (χ2v) is 13.3. The van der Waals surface area contributed by atoms with Gasteiger partial charge in [0.2, 0.25) is 0 Å². The highest BCUT2D eigenvalue weighted by Gasteiger charge is 2.45. The molecular formula is C33H37FO5S. The average Bonchev–Trinajstić information content (AvgIpc) is 3.74. The number of esters is 1. The van der Waals surface area contributed by atoms with Gasteiger partial charge in [0, 0.05) is 6.26 Å². The number of aryl methyl sites for hydroxylation is 4. The molecule has 0 heterocycles. The molecule has 0 aliphatic heterocycles. The fourth-order valence-corrected chi connectivity index (χ4v) is 6.34. The van der Waals surface area contributed by atoms with Crippen LogP contribution in [-0.2, 0) is 45.1 Å². The molecule has 1 saturated carbocycles. The molecule has 2 atom stereocenters. The normalized spacial score (nSPS) is 17.9. The van der Waals surface area contributed by atoms with Crippen molar-refractivity contribution in [2.24, 2.45) is 5.92 Å². The highest BCUT2D eigenvalue weighted by molar-refractivity contribution is 7.90. The summed E-state index contributed by atoms with van der Waals surface area (Å²) in [5.41, 5.74) is 7.42. The second kappa shape index (κ2) is 12.1. The second-order valence-electron chi connectivity index (χ2n) is 11.0. The Balaban J connectivity index is 1.25. The fourth-order valence-electron chi connectivity index (χ4n) is 5.70. The van der Waals surface area contributed by atoms with Crippen molar-refractivity contribution < 1.29 is 27.1 Å². The molecule has 5 rings (SSSR count). The number of carbonyl (C=O) groups is 1. The minimum Gasteiger partial charge on any atom is -0.494 e. The highest BCUT2D eigenvalue weighted by Crippen LogP contribution is 2.48. The van der Waals surface area contributed by atoms with Gasteiger partial charge >= 0.3 is 5.97 Å². The highest BCUT2D eigenvalue weighted by atomic mass is 32.2. The van der Waals surface area contributed by atoms with Gasteiger partial charge in [-0.15, -0.1) is 0 Å². The lowest BCUT2D eigenvalue weighted by molar-refractivity contribution is -0.144. The number of benzene rings is 3. The quantitative estimate of drug-likeness (QED) is 0.204. The van der Waals surface area contributed by atoms with E-state index < -0.39 is 9.84 Å². The molecule has 0 radical (unpaired) electrons. The lowest BCUT2D eigenvalue weighted by atomic mass is 9.92. The van der Waals surface area contributed by atoms with Crippen LogP contribution in [0.25, 0.3) is 11.1 Å². The molecule has 40 heavy (non-hydrogen) atoms. The third-order valence-corrected chi connectivity index (χ3v) is 8.96. The molecule has 5 nitrogen and oxygen atoms in total. The predicted molar refractivity (Wildman–Crippen MR) is 155 cm³/mol. The number of rotatable bonds is 11. The van der Waals surface area contributed by atoms with E-state index in [1.165, 1.54) is 11.8 Å². The largest absolute Gasteiger partial charge is 0.494 e. The molecule has 0 unspecified atom stereocenters. The summed E-state index contributed by atoms with van der Waals surface area (Å²) in [6.45, 7) is 2.59. The van der Waals surface area contributed by atoms with Crippen molar-refractivity contribution in [1.29, 1.82) is 0 Å². The van der Waals surface area contributed by atoms with Gasteiger partial charge in [0.1, 0.15) is 21.4 Å². The summed E-state index contributed by atoms with van der Waals surface area (Å²) >= 11 is 0. The Hall–Kier alpha value is -3.19. The maximum Gasteiger partial charge on any atom is 0.309 e. The van der Waals surface area contributed by atoms with E-state index in [9.17, 15) is 13.2 Å². The summed E-state index contributed by atoms with van der Waals surface area (Å²) in [5.74, 6) is 0.810. The van der Waals surface area contributed by atoms with Gasteiger partial charge in [-0.1, -0.05) is 30.3 Å². The minimum atomic E-state index is -3.00. The summed E-state index contributed by atoms with van der Waals surface area (Å²) in [4.78, 5) is 12.0. The lowest BCUT2D eigenvalue weighted by Gasteiger charge is -2.15. The van der Waals surface area contributed by atoms with Crippen molar-refractivity contribution in [2.45, 2.75) is 57.8 Å². The van der Waals surface area contributed by atoms with E-state index in [0.29, 0.717) is 31.6 Å². The Morgan fingerprint density at radius 3 is 2.45 bits per heavy atom. The number of sulfone groups is 1. The maximum atomic E-state index is 15.2. The van der Waals surface area contributed by atoms with Gasteiger partial charge in [-0.05, 0) is 121 Å². The van der Waals surface area contributed by atoms with Crippen LogP contribution >= 0.6 is 0 Å². The Morgan fingerprint density at radius 1 is 0.975 bits per heavy atom. The standard InChI is InChI=1S/C33H37FO5S/c1-3-38-33(35)31-21-30(31)23-11-8-22(9-12-23)10-13-26-19-29-25(20-32(26)34)7-4-6-24-18-27(14-15-28(24)29)39-16-5-17-40(2,36)37/h8-9,11-12,14-15,18-20,30-31H,3-7,10,13,16-17,21H2,1-2H3/t30-,31+/m1/s1. The van der Waals surface area contributed by atoms with Crippen molar-refractivity contribution in [3.05, 3.63) is 88.2 Å².